The number of para-hydroxylation sites is 1. The average Bonchev–Trinajstić information content (AvgIpc) is 2.61. The highest BCUT2D eigenvalue weighted by atomic mass is 35.5. The van der Waals surface area contributed by atoms with Crippen LogP contribution in [-0.2, 0) is 6.42 Å². The van der Waals surface area contributed by atoms with Crippen molar-refractivity contribution >= 4 is 28.3 Å². The third kappa shape index (κ3) is 4.91. The molecule has 1 heterocycles. The zero-order valence-electron chi connectivity index (χ0n) is 13.4. The maximum Gasteiger partial charge on any atom is 0.224 e. The first-order valence-corrected chi connectivity index (χ1v) is 8.16. The molecule has 0 saturated heterocycles. The van der Waals surface area contributed by atoms with Gasteiger partial charge in [-0.1, -0.05) is 56.3 Å². The van der Waals surface area contributed by atoms with Crippen LogP contribution in [0.1, 0.15) is 19.4 Å². The summed E-state index contributed by atoms with van der Waals surface area (Å²) in [5.41, 5.74) is 8.40. The summed E-state index contributed by atoms with van der Waals surface area (Å²) in [6.07, 6.45) is 0.935. The van der Waals surface area contributed by atoms with Crippen LogP contribution in [0.25, 0.3) is 10.9 Å². The van der Waals surface area contributed by atoms with Crippen LogP contribution in [0.15, 0.2) is 54.6 Å². The number of anilines is 1. The highest BCUT2D eigenvalue weighted by Crippen LogP contribution is 2.20. The van der Waals surface area contributed by atoms with Gasteiger partial charge in [-0.05, 0) is 35.7 Å². The molecule has 0 amide bonds. The van der Waals surface area contributed by atoms with Crippen LogP contribution in [-0.4, -0.2) is 16.5 Å². The van der Waals surface area contributed by atoms with Crippen LogP contribution >= 0.6 is 11.6 Å². The van der Waals surface area contributed by atoms with Gasteiger partial charge in [-0.15, -0.1) is 0 Å². The Kier molecular flexibility index (Phi) is 6.78. The molecule has 0 saturated carbocycles. The molecule has 4 nitrogen and oxygen atoms in total. The third-order valence-corrected chi connectivity index (χ3v) is 3.33. The second kappa shape index (κ2) is 9.08. The predicted molar refractivity (Wildman–Crippen MR) is 97.7 cm³/mol. The number of nitrogens with zero attached hydrogens (tertiary/aromatic N) is 2. The minimum Gasteiger partial charge on any atom is -0.305 e. The van der Waals surface area contributed by atoms with Gasteiger partial charge in [-0.2, -0.15) is 4.98 Å². The fraction of sp³-hybridized carbons (Fsp3) is 0.222. The highest BCUT2D eigenvalue weighted by Gasteiger charge is 2.05. The molecular formula is C18H21ClN4. The number of rotatable bonds is 5. The molecule has 0 fully saturated rings. The molecule has 2 aromatic carbocycles. The minimum atomic E-state index is 0.237. The van der Waals surface area contributed by atoms with E-state index in [1.54, 1.807) is 0 Å². The highest BCUT2D eigenvalue weighted by molar-refractivity contribution is 6.28. The second-order valence-electron chi connectivity index (χ2n) is 4.65. The zero-order valence-corrected chi connectivity index (χ0v) is 14.1. The Bertz CT molecular complexity index is 731. The molecule has 0 spiro atoms. The lowest BCUT2D eigenvalue weighted by Crippen LogP contribution is -2.25. The van der Waals surface area contributed by atoms with Crippen molar-refractivity contribution in [3.8, 4) is 0 Å². The summed E-state index contributed by atoms with van der Waals surface area (Å²) < 4.78 is 0. The van der Waals surface area contributed by atoms with Crippen molar-refractivity contribution < 1.29 is 0 Å². The largest absolute Gasteiger partial charge is 0.305 e. The van der Waals surface area contributed by atoms with Gasteiger partial charge in [0.25, 0.3) is 0 Å². The molecule has 2 N–H and O–H groups in total. The van der Waals surface area contributed by atoms with Crippen molar-refractivity contribution in [1.82, 2.24) is 15.4 Å². The van der Waals surface area contributed by atoms with Crippen molar-refractivity contribution in [3.63, 3.8) is 0 Å². The molecular weight excluding hydrogens is 308 g/mol. The summed E-state index contributed by atoms with van der Waals surface area (Å²) >= 11 is 5.94. The van der Waals surface area contributed by atoms with Crippen LogP contribution in [0.3, 0.4) is 0 Å². The number of hydrazine groups is 1. The number of halogens is 1. The molecule has 0 aliphatic carbocycles. The number of nitrogens with one attached hydrogen (secondary N) is 2. The van der Waals surface area contributed by atoms with Gasteiger partial charge in [0.15, 0.2) is 5.82 Å². The Morgan fingerprint density at radius 1 is 0.913 bits per heavy atom. The van der Waals surface area contributed by atoms with Gasteiger partial charge >= 0.3 is 0 Å². The maximum absolute atomic E-state index is 5.94. The molecule has 3 rings (SSSR count). The Labute approximate surface area is 141 Å². The molecule has 0 bridgehead atoms. The number of benzene rings is 2. The smallest absolute Gasteiger partial charge is 0.224 e. The van der Waals surface area contributed by atoms with E-state index in [-0.39, 0.29) is 5.28 Å². The lowest BCUT2D eigenvalue weighted by atomic mass is 10.2. The first kappa shape index (κ1) is 17.2. The minimum absolute atomic E-state index is 0.237. The van der Waals surface area contributed by atoms with E-state index in [0.717, 1.165) is 23.9 Å². The molecule has 1 aromatic heterocycles. The summed E-state index contributed by atoms with van der Waals surface area (Å²) in [6.45, 7) is 4.79. The van der Waals surface area contributed by atoms with Gasteiger partial charge in [-0.25, -0.2) is 10.4 Å². The van der Waals surface area contributed by atoms with E-state index >= 15 is 0 Å². The average molecular weight is 329 g/mol. The number of hydrogen-bond acceptors (Lipinski definition) is 4. The van der Waals surface area contributed by atoms with E-state index < -0.39 is 0 Å². The number of aromatic nitrogens is 2. The fourth-order valence-corrected chi connectivity index (χ4v) is 2.32. The van der Waals surface area contributed by atoms with Crippen molar-refractivity contribution in [3.05, 3.63) is 65.4 Å². The summed E-state index contributed by atoms with van der Waals surface area (Å²) in [6, 6.07) is 18.1. The normalized spacial score (nSPS) is 10.0. The quantitative estimate of drug-likeness (QED) is 0.412. The molecule has 0 atom stereocenters. The van der Waals surface area contributed by atoms with Crippen molar-refractivity contribution in [2.75, 3.05) is 12.0 Å². The van der Waals surface area contributed by atoms with E-state index in [1.807, 2.05) is 56.3 Å². The Balaban J connectivity index is 0.000000924. The first-order chi connectivity index (χ1) is 11.3. The maximum atomic E-state index is 5.94. The molecule has 0 aliphatic heterocycles. The summed E-state index contributed by atoms with van der Waals surface area (Å²) in [7, 11) is 0. The van der Waals surface area contributed by atoms with Gasteiger partial charge in [0.1, 0.15) is 0 Å². The van der Waals surface area contributed by atoms with Crippen molar-refractivity contribution in [2.45, 2.75) is 20.3 Å². The molecule has 0 radical (unpaired) electrons. The van der Waals surface area contributed by atoms with E-state index in [9.17, 15) is 0 Å². The van der Waals surface area contributed by atoms with Gasteiger partial charge in [-0.3, -0.25) is 0 Å². The van der Waals surface area contributed by atoms with E-state index in [0.29, 0.717) is 5.82 Å². The number of fused-ring (bicyclic) bond motifs is 1. The molecule has 5 heteroatoms. The standard InChI is InChI=1S/C16H15ClN4.C2H6/c17-16-19-14-9-5-4-8-13(14)15(20-16)21-18-11-10-12-6-2-1-3-7-12;1-2/h1-9,18H,10-11H2,(H,19,20,21);1-2H3. The molecule has 23 heavy (non-hydrogen) atoms. The molecule has 120 valence electrons. The van der Waals surface area contributed by atoms with Crippen molar-refractivity contribution in [2.24, 2.45) is 0 Å². The molecule has 0 unspecified atom stereocenters. The number of hydrogen-bond donors (Lipinski definition) is 2. The SMILES string of the molecule is CC.Clc1nc(NNCCc2ccccc2)c2ccccc2n1. The third-order valence-electron chi connectivity index (χ3n) is 3.16. The Morgan fingerprint density at radius 3 is 2.39 bits per heavy atom. The van der Waals surface area contributed by atoms with Crippen LogP contribution in [0.2, 0.25) is 5.28 Å². The predicted octanol–water partition coefficient (Wildman–Crippen LogP) is 4.47. The lowest BCUT2D eigenvalue weighted by Gasteiger charge is -2.10. The Morgan fingerprint density at radius 2 is 1.61 bits per heavy atom. The second-order valence-corrected chi connectivity index (χ2v) is 4.98. The van der Waals surface area contributed by atoms with Crippen LogP contribution in [0.5, 0.6) is 0 Å². The fourth-order valence-electron chi connectivity index (χ4n) is 2.14. The Hall–Kier alpha value is -2.17. The van der Waals surface area contributed by atoms with Crippen LogP contribution in [0.4, 0.5) is 5.82 Å². The van der Waals surface area contributed by atoms with Crippen molar-refractivity contribution in [1.29, 1.82) is 0 Å². The van der Waals surface area contributed by atoms with Gasteiger partial charge in [0, 0.05) is 11.9 Å². The van der Waals surface area contributed by atoms with Gasteiger partial charge < -0.3 is 5.43 Å². The topological polar surface area (TPSA) is 49.8 Å². The summed E-state index contributed by atoms with van der Waals surface area (Å²) in [5.74, 6) is 0.693. The van der Waals surface area contributed by atoms with E-state index in [4.69, 9.17) is 11.6 Å². The van der Waals surface area contributed by atoms with Crippen LogP contribution < -0.4 is 10.9 Å². The molecule has 0 aliphatic rings. The molecule has 3 aromatic rings. The van der Waals surface area contributed by atoms with Crippen LogP contribution in [0, 0.1) is 0 Å². The summed E-state index contributed by atoms with van der Waals surface area (Å²) in [4.78, 5) is 8.43. The first-order valence-electron chi connectivity index (χ1n) is 7.78. The summed E-state index contributed by atoms with van der Waals surface area (Å²) in [5, 5.41) is 1.18. The van der Waals surface area contributed by atoms with E-state index in [2.05, 4.69) is 33.0 Å². The van der Waals surface area contributed by atoms with E-state index in [1.165, 1.54) is 5.56 Å². The van der Waals surface area contributed by atoms with Gasteiger partial charge in [0.2, 0.25) is 5.28 Å². The monoisotopic (exact) mass is 328 g/mol. The van der Waals surface area contributed by atoms with Gasteiger partial charge in [0.05, 0.1) is 5.52 Å². The lowest BCUT2D eigenvalue weighted by molar-refractivity contribution is 0.775. The zero-order chi connectivity index (χ0) is 16.5.